The number of nitrogens with zero attached hydrogens (tertiary/aromatic N) is 1. The van der Waals surface area contributed by atoms with Gasteiger partial charge in [0.1, 0.15) is 11.5 Å². The fourth-order valence-corrected chi connectivity index (χ4v) is 10.3. The first-order chi connectivity index (χ1) is 18.2. The summed E-state index contributed by atoms with van der Waals surface area (Å²) >= 11 is 0. The van der Waals surface area contributed by atoms with Crippen LogP contribution in [0.25, 0.3) is 0 Å². The summed E-state index contributed by atoms with van der Waals surface area (Å²) in [5, 5.41) is 11.4. The third-order valence-electron chi connectivity index (χ3n) is 12.7. The molecular formula is C34H51NO3. The van der Waals surface area contributed by atoms with Crippen molar-refractivity contribution in [1.82, 2.24) is 4.90 Å². The third kappa shape index (κ3) is 4.46. The van der Waals surface area contributed by atoms with Crippen molar-refractivity contribution in [3.05, 3.63) is 29.8 Å². The molecule has 0 amide bonds. The molecular weight excluding hydrogens is 470 g/mol. The Morgan fingerprint density at radius 1 is 1.03 bits per heavy atom. The van der Waals surface area contributed by atoms with Gasteiger partial charge in [-0.25, -0.2) is 0 Å². The van der Waals surface area contributed by atoms with E-state index in [1.54, 1.807) is 0 Å². The molecule has 4 unspecified atom stereocenters. The molecule has 0 bridgehead atoms. The topological polar surface area (TPSA) is 49.8 Å². The Bertz CT molecular complexity index is 1010. The summed E-state index contributed by atoms with van der Waals surface area (Å²) in [5.74, 6) is 4.11. The van der Waals surface area contributed by atoms with Crippen LogP contribution in [-0.4, -0.2) is 41.6 Å². The fraction of sp³-hybridized carbons (Fsp3) is 0.794. The molecule has 4 heteroatoms. The first-order valence-corrected chi connectivity index (χ1v) is 15.9. The molecule has 4 nitrogen and oxygen atoms in total. The predicted molar refractivity (Wildman–Crippen MR) is 152 cm³/mol. The Labute approximate surface area is 230 Å². The van der Waals surface area contributed by atoms with Crippen molar-refractivity contribution in [2.45, 2.75) is 116 Å². The number of fused-ring (bicyclic) bond motifs is 5. The van der Waals surface area contributed by atoms with Gasteiger partial charge < -0.3 is 9.84 Å². The summed E-state index contributed by atoms with van der Waals surface area (Å²) < 4.78 is 6.47. The van der Waals surface area contributed by atoms with E-state index in [0.29, 0.717) is 35.6 Å². The Morgan fingerprint density at radius 3 is 2.66 bits per heavy atom. The van der Waals surface area contributed by atoms with Crippen molar-refractivity contribution in [2.24, 2.45) is 34.5 Å². The zero-order valence-corrected chi connectivity index (χ0v) is 24.2. The summed E-state index contributed by atoms with van der Waals surface area (Å²) in [7, 11) is 0. The predicted octanol–water partition coefficient (Wildman–Crippen LogP) is 7.13. The number of hydrogen-bond donors (Lipinski definition) is 1. The number of aliphatic hydroxyl groups is 1. The molecule has 0 spiro atoms. The van der Waals surface area contributed by atoms with Gasteiger partial charge in [0.05, 0.1) is 12.7 Å². The number of ether oxygens (including phenoxy) is 1. The molecule has 1 aliphatic heterocycles. The van der Waals surface area contributed by atoms with Crippen molar-refractivity contribution in [3.8, 4) is 5.75 Å². The first-order valence-electron chi connectivity index (χ1n) is 15.9. The van der Waals surface area contributed by atoms with E-state index < -0.39 is 0 Å². The Kier molecular flexibility index (Phi) is 7.21. The molecule has 7 atom stereocenters. The lowest BCUT2D eigenvalue weighted by molar-refractivity contribution is -0.145. The Balaban J connectivity index is 1.14. The van der Waals surface area contributed by atoms with Crippen LogP contribution < -0.4 is 4.74 Å². The summed E-state index contributed by atoms with van der Waals surface area (Å²) in [5.41, 5.74) is 1.70. The molecule has 1 aromatic carbocycles. The number of piperidine rings is 1. The van der Waals surface area contributed by atoms with E-state index in [1.165, 1.54) is 63.6 Å². The van der Waals surface area contributed by atoms with Crippen molar-refractivity contribution < 1.29 is 14.6 Å². The molecule has 1 aromatic rings. The average Bonchev–Trinajstić information content (AvgIpc) is 3.26. The van der Waals surface area contributed by atoms with Gasteiger partial charge in [-0.2, -0.15) is 0 Å². The van der Waals surface area contributed by atoms with E-state index >= 15 is 0 Å². The monoisotopic (exact) mass is 521 g/mol. The maximum Gasteiger partial charge on any atom is 0.133 e. The molecule has 4 saturated carbocycles. The summed E-state index contributed by atoms with van der Waals surface area (Å²) in [4.78, 5) is 14.9. The van der Waals surface area contributed by atoms with Crippen LogP contribution in [0.15, 0.2) is 24.3 Å². The smallest absolute Gasteiger partial charge is 0.133 e. The minimum atomic E-state index is -0.195. The molecule has 5 fully saturated rings. The van der Waals surface area contributed by atoms with Gasteiger partial charge in [-0.15, -0.1) is 0 Å². The number of ketones is 1. The molecule has 0 aromatic heterocycles. The van der Waals surface area contributed by atoms with Gasteiger partial charge in [-0.3, -0.25) is 9.69 Å². The van der Waals surface area contributed by atoms with Crippen LogP contribution in [-0.2, 0) is 10.3 Å². The molecule has 38 heavy (non-hydrogen) atoms. The average molecular weight is 522 g/mol. The van der Waals surface area contributed by atoms with Crippen molar-refractivity contribution in [1.29, 1.82) is 0 Å². The zero-order valence-electron chi connectivity index (χ0n) is 24.2. The molecule has 5 aliphatic rings. The minimum Gasteiger partial charge on any atom is -0.494 e. The lowest BCUT2D eigenvalue weighted by Gasteiger charge is -2.60. The van der Waals surface area contributed by atoms with Gasteiger partial charge in [0.15, 0.2) is 0 Å². The second-order valence-corrected chi connectivity index (χ2v) is 14.5. The van der Waals surface area contributed by atoms with Crippen LogP contribution >= 0.6 is 0 Å². The normalized spacial score (nSPS) is 39.8. The van der Waals surface area contributed by atoms with Crippen LogP contribution in [0.4, 0.5) is 0 Å². The quantitative estimate of drug-likeness (QED) is 0.433. The summed E-state index contributed by atoms with van der Waals surface area (Å²) in [6, 6.07) is 8.78. The molecule has 210 valence electrons. The van der Waals surface area contributed by atoms with Crippen LogP contribution in [0, 0.1) is 34.5 Å². The number of aliphatic hydroxyl groups excluding tert-OH is 1. The fourth-order valence-electron chi connectivity index (χ4n) is 10.3. The van der Waals surface area contributed by atoms with Gasteiger partial charge in [0, 0.05) is 23.8 Å². The van der Waals surface area contributed by atoms with E-state index in [4.69, 9.17) is 4.74 Å². The Morgan fingerprint density at radius 2 is 1.84 bits per heavy atom. The van der Waals surface area contributed by atoms with Crippen molar-refractivity contribution in [3.63, 3.8) is 0 Å². The largest absolute Gasteiger partial charge is 0.494 e. The van der Waals surface area contributed by atoms with Gasteiger partial charge in [-0.05, 0) is 138 Å². The Hall–Kier alpha value is -1.39. The van der Waals surface area contributed by atoms with Gasteiger partial charge in [0.2, 0.25) is 0 Å². The lowest BCUT2D eigenvalue weighted by atomic mass is 9.44. The zero-order chi connectivity index (χ0) is 26.5. The van der Waals surface area contributed by atoms with E-state index in [0.717, 1.165) is 50.2 Å². The number of carbonyl (C=O) groups excluding carboxylic acids is 1. The molecule has 4 aliphatic carbocycles. The SMILES string of the molecule is CC(C)(c1cccc(OCC[C@]23CCC4C(CCC5CC(=O)CC[C@@]54C)C2CC[C@@H]3O)c1)N1CCCCC1. The number of rotatable bonds is 6. The summed E-state index contributed by atoms with van der Waals surface area (Å²) in [6.45, 7) is 10.3. The highest BCUT2D eigenvalue weighted by atomic mass is 16.5. The molecule has 6 rings (SSSR count). The number of Topliss-reactive ketones (excluding diaryl/α,β-unsaturated/α-hetero) is 1. The molecule has 1 saturated heterocycles. The number of carbonyl (C=O) groups is 1. The second-order valence-electron chi connectivity index (χ2n) is 14.5. The van der Waals surface area contributed by atoms with Gasteiger partial charge in [0.25, 0.3) is 0 Å². The van der Waals surface area contributed by atoms with Crippen molar-refractivity contribution in [2.75, 3.05) is 19.7 Å². The third-order valence-corrected chi connectivity index (χ3v) is 12.7. The number of benzene rings is 1. The highest BCUT2D eigenvalue weighted by Gasteiger charge is 2.61. The van der Waals surface area contributed by atoms with Gasteiger partial charge in [-0.1, -0.05) is 25.5 Å². The highest BCUT2D eigenvalue weighted by molar-refractivity contribution is 5.79. The maximum atomic E-state index is 12.2. The summed E-state index contributed by atoms with van der Waals surface area (Å²) in [6.07, 6.45) is 14.3. The molecule has 1 heterocycles. The second kappa shape index (κ2) is 10.2. The standard InChI is InChI=1S/C34H51NO3/c1-32(2,35-19-5-4-6-20-35)24-8-7-9-27(23-24)38-21-18-34-17-15-29-28(30(34)12-13-31(34)37)11-10-25-22-26(36)14-16-33(25,29)3/h7-9,23,25,28-31,37H,4-6,10-22H2,1-3H3/t25?,28?,29?,30?,31-,33-,34+/m0/s1. The maximum absolute atomic E-state index is 12.2. The lowest BCUT2D eigenvalue weighted by Crippen LogP contribution is -2.55. The molecule has 0 radical (unpaired) electrons. The van der Waals surface area contributed by atoms with Gasteiger partial charge >= 0.3 is 0 Å². The number of likely N-dealkylation sites (tertiary alicyclic amines) is 1. The van der Waals surface area contributed by atoms with E-state index in [9.17, 15) is 9.90 Å². The van der Waals surface area contributed by atoms with Crippen LogP contribution in [0.5, 0.6) is 5.75 Å². The first kappa shape index (κ1) is 26.8. The van der Waals surface area contributed by atoms with Crippen molar-refractivity contribution >= 4 is 5.78 Å². The minimum absolute atomic E-state index is 0.0134. The highest BCUT2D eigenvalue weighted by Crippen LogP contribution is 2.66. The van der Waals surface area contributed by atoms with E-state index in [2.05, 4.69) is 49.9 Å². The van der Waals surface area contributed by atoms with E-state index in [-0.39, 0.29) is 17.1 Å². The number of hydrogen-bond acceptors (Lipinski definition) is 4. The van der Waals surface area contributed by atoms with Crippen LogP contribution in [0.1, 0.15) is 110 Å². The molecule has 1 N–H and O–H groups in total. The van der Waals surface area contributed by atoms with Crippen LogP contribution in [0.3, 0.4) is 0 Å². The van der Waals surface area contributed by atoms with Crippen LogP contribution in [0.2, 0.25) is 0 Å². The van der Waals surface area contributed by atoms with E-state index in [1.807, 2.05) is 0 Å².